The van der Waals surface area contributed by atoms with Crippen molar-refractivity contribution < 1.29 is 9.53 Å². The average Bonchev–Trinajstić information content (AvgIpc) is 2.77. The van der Waals surface area contributed by atoms with Crippen molar-refractivity contribution >= 4 is 17.4 Å². The van der Waals surface area contributed by atoms with E-state index >= 15 is 0 Å². The van der Waals surface area contributed by atoms with Crippen molar-refractivity contribution in [3.63, 3.8) is 0 Å². The van der Waals surface area contributed by atoms with E-state index in [4.69, 9.17) is 4.74 Å². The quantitative estimate of drug-likeness (QED) is 0.503. The third-order valence-electron chi connectivity index (χ3n) is 4.40. The molecule has 0 unspecified atom stereocenters. The molecule has 6 heteroatoms. The van der Waals surface area contributed by atoms with Gasteiger partial charge in [-0.1, -0.05) is 56.2 Å². The monoisotopic (exact) mass is 390 g/mol. The summed E-state index contributed by atoms with van der Waals surface area (Å²) in [6.45, 7) is 2.97. The minimum absolute atomic E-state index is 0.297. The lowest BCUT2D eigenvalue weighted by Gasteiger charge is -2.11. The Morgan fingerprint density at radius 3 is 2.59 bits per heavy atom. The summed E-state index contributed by atoms with van der Waals surface area (Å²) in [7, 11) is 1.59. The highest BCUT2D eigenvalue weighted by Gasteiger charge is 2.14. The molecule has 0 fully saturated rings. The van der Waals surface area contributed by atoms with E-state index in [1.54, 1.807) is 19.2 Å². The fourth-order valence-corrected chi connectivity index (χ4v) is 2.86. The van der Waals surface area contributed by atoms with Crippen LogP contribution < -0.4 is 15.4 Å². The molecule has 150 valence electrons. The summed E-state index contributed by atoms with van der Waals surface area (Å²) in [5, 5.41) is 6.19. The first-order valence-electron chi connectivity index (χ1n) is 9.83. The maximum absolute atomic E-state index is 12.9. The lowest BCUT2D eigenvalue weighted by Crippen LogP contribution is -2.16. The average molecular weight is 390 g/mol. The Balaban J connectivity index is 1.86. The highest BCUT2D eigenvalue weighted by Crippen LogP contribution is 2.20. The number of carbonyl (C=O) groups excluding carboxylic acids is 1. The molecule has 2 aromatic carbocycles. The van der Waals surface area contributed by atoms with E-state index < -0.39 is 0 Å². The van der Waals surface area contributed by atoms with Gasteiger partial charge in [-0.2, -0.15) is 0 Å². The second-order valence-electron chi connectivity index (χ2n) is 6.65. The molecule has 0 radical (unpaired) electrons. The van der Waals surface area contributed by atoms with Gasteiger partial charge in [0.25, 0.3) is 5.91 Å². The van der Waals surface area contributed by atoms with Crippen LogP contribution in [0.1, 0.15) is 36.7 Å². The normalized spacial score (nSPS) is 10.4. The van der Waals surface area contributed by atoms with Crippen LogP contribution in [0, 0.1) is 0 Å². The van der Waals surface area contributed by atoms with Crippen molar-refractivity contribution in [2.45, 2.75) is 26.2 Å². The van der Waals surface area contributed by atoms with E-state index in [9.17, 15) is 4.79 Å². The third kappa shape index (κ3) is 5.78. The van der Waals surface area contributed by atoms with Crippen LogP contribution in [-0.2, 0) is 0 Å². The number of unbranched alkanes of at least 4 members (excludes halogenated alkanes) is 2. The number of hydrogen-bond acceptors (Lipinski definition) is 5. The molecule has 0 aliphatic carbocycles. The molecule has 6 nitrogen and oxygen atoms in total. The van der Waals surface area contributed by atoms with Gasteiger partial charge in [-0.05, 0) is 18.6 Å². The van der Waals surface area contributed by atoms with Crippen LogP contribution in [0.4, 0.5) is 11.5 Å². The van der Waals surface area contributed by atoms with Gasteiger partial charge in [-0.15, -0.1) is 0 Å². The van der Waals surface area contributed by atoms with E-state index in [1.165, 1.54) is 0 Å². The van der Waals surface area contributed by atoms with Crippen LogP contribution in [-0.4, -0.2) is 29.5 Å². The number of carbonyl (C=O) groups is 1. The first kappa shape index (κ1) is 20.3. The molecule has 2 N–H and O–H groups in total. The molecule has 1 aromatic heterocycles. The Kier molecular flexibility index (Phi) is 7.16. The topological polar surface area (TPSA) is 76.1 Å². The van der Waals surface area contributed by atoms with Crippen LogP contribution >= 0.6 is 0 Å². The smallest absolute Gasteiger partial charge is 0.274 e. The van der Waals surface area contributed by atoms with Gasteiger partial charge < -0.3 is 15.4 Å². The van der Waals surface area contributed by atoms with Gasteiger partial charge in [-0.3, -0.25) is 4.79 Å². The molecule has 0 aliphatic rings. The number of nitrogens with zero attached hydrogens (tertiary/aromatic N) is 2. The number of amides is 1. The number of methoxy groups -OCH3 is 1. The van der Waals surface area contributed by atoms with Crippen molar-refractivity contribution in [3.8, 4) is 17.1 Å². The maximum atomic E-state index is 12.9. The Morgan fingerprint density at radius 2 is 1.83 bits per heavy atom. The third-order valence-corrected chi connectivity index (χ3v) is 4.40. The summed E-state index contributed by atoms with van der Waals surface area (Å²) in [6.07, 6.45) is 3.34. The van der Waals surface area contributed by atoms with Gasteiger partial charge in [0, 0.05) is 29.9 Å². The summed E-state index contributed by atoms with van der Waals surface area (Å²) >= 11 is 0. The standard InChI is InChI=1S/C23H26N4O2/c1-3-4-8-14-24-21-16-20(26-22(27-21)17-10-6-5-7-11-17)23(28)25-18-12-9-13-19(15-18)29-2/h5-7,9-13,15-16H,3-4,8,14H2,1-2H3,(H,25,28)(H,24,26,27). The number of rotatable bonds is 9. The summed E-state index contributed by atoms with van der Waals surface area (Å²) in [4.78, 5) is 21.9. The molecule has 0 atom stereocenters. The number of benzene rings is 2. The molecular weight excluding hydrogens is 364 g/mol. The van der Waals surface area contributed by atoms with Crippen molar-refractivity contribution in [2.24, 2.45) is 0 Å². The predicted octanol–water partition coefficient (Wildman–Crippen LogP) is 5.01. The van der Waals surface area contributed by atoms with Crippen LogP contribution in [0.25, 0.3) is 11.4 Å². The van der Waals surface area contributed by atoms with Crippen LogP contribution in [0.2, 0.25) is 0 Å². The van der Waals surface area contributed by atoms with E-state index in [-0.39, 0.29) is 5.91 Å². The lowest BCUT2D eigenvalue weighted by molar-refractivity contribution is 0.102. The summed E-state index contributed by atoms with van der Waals surface area (Å²) in [6, 6.07) is 18.6. The molecule has 3 rings (SSSR count). The first-order valence-corrected chi connectivity index (χ1v) is 9.83. The van der Waals surface area contributed by atoms with Crippen LogP contribution in [0.3, 0.4) is 0 Å². The fourth-order valence-electron chi connectivity index (χ4n) is 2.86. The Labute approximate surface area is 171 Å². The molecule has 1 heterocycles. The minimum atomic E-state index is -0.297. The molecule has 0 saturated carbocycles. The molecular formula is C23H26N4O2. The number of nitrogens with one attached hydrogen (secondary N) is 2. The fraction of sp³-hybridized carbons (Fsp3) is 0.261. The van der Waals surface area contributed by atoms with Gasteiger partial charge in [-0.25, -0.2) is 9.97 Å². The largest absolute Gasteiger partial charge is 0.497 e. The number of ether oxygens (including phenoxy) is 1. The van der Waals surface area contributed by atoms with Gasteiger partial charge in [0.05, 0.1) is 7.11 Å². The maximum Gasteiger partial charge on any atom is 0.274 e. The van der Waals surface area contributed by atoms with E-state index in [0.717, 1.165) is 31.4 Å². The molecule has 29 heavy (non-hydrogen) atoms. The Hall–Kier alpha value is -3.41. The van der Waals surface area contributed by atoms with Gasteiger partial charge in [0.1, 0.15) is 17.3 Å². The second kappa shape index (κ2) is 10.2. The Bertz CT molecular complexity index is 945. The highest BCUT2D eigenvalue weighted by molar-refractivity contribution is 6.03. The molecule has 0 bridgehead atoms. The number of aromatic nitrogens is 2. The van der Waals surface area contributed by atoms with E-state index in [0.29, 0.717) is 28.8 Å². The van der Waals surface area contributed by atoms with Crippen molar-refractivity contribution in [2.75, 3.05) is 24.3 Å². The molecule has 3 aromatic rings. The zero-order valence-corrected chi connectivity index (χ0v) is 16.8. The predicted molar refractivity (Wildman–Crippen MR) is 116 cm³/mol. The van der Waals surface area contributed by atoms with Crippen molar-refractivity contribution in [3.05, 3.63) is 66.4 Å². The highest BCUT2D eigenvalue weighted by atomic mass is 16.5. The summed E-state index contributed by atoms with van der Waals surface area (Å²) in [5.74, 6) is 1.54. The molecule has 1 amide bonds. The van der Waals surface area contributed by atoms with Crippen molar-refractivity contribution in [1.82, 2.24) is 9.97 Å². The zero-order valence-electron chi connectivity index (χ0n) is 16.8. The molecule has 0 aliphatic heterocycles. The number of hydrogen-bond donors (Lipinski definition) is 2. The van der Waals surface area contributed by atoms with E-state index in [2.05, 4.69) is 27.5 Å². The van der Waals surface area contributed by atoms with Gasteiger partial charge >= 0.3 is 0 Å². The summed E-state index contributed by atoms with van der Waals surface area (Å²) in [5.41, 5.74) is 1.81. The van der Waals surface area contributed by atoms with Gasteiger partial charge in [0.15, 0.2) is 5.82 Å². The second-order valence-corrected chi connectivity index (χ2v) is 6.65. The first-order chi connectivity index (χ1) is 14.2. The van der Waals surface area contributed by atoms with Crippen LogP contribution in [0.5, 0.6) is 5.75 Å². The Morgan fingerprint density at radius 1 is 1.00 bits per heavy atom. The summed E-state index contributed by atoms with van der Waals surface area (Å²) < 4.78 is 5.22. The van der Waals surface area contributed by atoms with Crippen molar-refractivity contribution in [1.29, 1.82) is 0 Å². The lowest BCUT2D eigenvalue weighted by atomic mass is 10.2. The SMILES string of the molecule is CCCCCNc1cc(C(=O)Nc2cccc(OC)c2)nc(-c2ccccc2)n1. The molecule has 0 saturated heterocycles. The minimum Gasteiger partial charge on any atom is -0.497 e. The zero-order chi connectivity index (χ0) is 20.5. The van der Waals surface area contributed by atoms with E-state index in [1.807, 2.05) is 48.5 Å². The molecule has 0 spiro atoms. The van der Waals surface area contributed by atoms with Gasteiger partial charge in [0.2, 0.25) is 0 Å². The number of anilines is 2. The van der Waals surface area contributed by atoms with Crippen LogP contribution in [0.15, 0.2) is 60.7 Å².